The van der Waals surface area contributed by atoms with E-state index in [1.807, 2.05) is 13.8 Å². The maximum Gasteiger partial charge on any atom is 0.0591 e. The van der Waals surface area contributed by atoms with Crippen molar-refractivity contribution in [2.45, 2.75) is 97.0 Å². The first-order valence-electron chi connectivity index (χ1n) is 7.28. The molecule has 0 rings (SSSR count). The monoisotopic (exact) mass is 228 g/mol. The van der Waals surface area contributed by atoms with E-state index < -0.39 is 5.60 Å². The Balaban J connectivity index is 2.99. The van der Waals surface area contributed by atoms with Crippen LogP contribution in [0.5, 0.6) is 0 Å². The second kappa shape index (κ2) is 10.1. The molecule has 1 heteroatoms. The van der Waals surface area contributed by atoms with E-state index in [-0.39, 0.29) is 0 Å². The van der Waals surface area contributed by atoms with Gasteiger partial charge < -0.3 is 5.11 Å². The van der Waals surface area contributed by atoms with E-state index in [1.165, 1.54) is 64.2 Å². The Morgan fingerprint density at radius 2 is 1.06 bits per heavy atom. The number of rotatable bonds is 11. The molecule has 0 saturated heterocycles. The van der Waals surface area contributed by atoms with Crippen molar-refractivity contribution in [3.05, 3.63) is 0 Å². The third kappa shape index (κ3) is 14.0. The Morgan fingerprint density at radius 1 is 0.688 bits per heavy atom. The Bertz CT molecular complexity index is 135. The molecule has 98 valence electrons. The summed E-state index contributed by atoms with van der Waals surface area (Å²) in [5.41, 5.74) is -0.458. The summed E-state index contributed by atoms with van der Waals surface area (Å²) in [6.45, 7) is 6.07. The average Bonchev–Trinajstić information content (AvgIpc) is 2.19. The number of unbranched alkanes of at least 4 members (excludes halogenated alkanes) is 9. The highest BCUT2D eigenvalue weighted by atomic mass is 16.3. The summed E-state index contributed by atoms with van der Waals surface area (Å²) in [6, 6.07) is 0. The summed E-state index contributed by atoms with van der Waals surface area (Å²) in [6.07, 6.45) is 14.6. The first-order chi connectivity index (χ1) is 7.56. The van der Waals surface area contributed by atoms with Gasteiger partial charge in [0.15, 0.2) is 0 Å². The van der Waals surface area contributed by atoms with Crippen molar-refractivity contribution in [3.63, 3.8) is 0 Å². The third-order valence-corrected chi connectivity index (χ3v) is 3.14. The molecule has 0 radical (unpaired) electrons. The molecule has 0 saturated carbocycles. The van der Waals surface area contributed by atoms with Crippen LogP contribution in [0.1, 0.15) is 91.4 Å². The van der Waals surface area contributed by atoms with Gasteiger partial charge in [0.05, 0.1) is 5.60 Å². The third-order valence-electron chi connectivity index (χ3n) is 3.14. The Morgan fingerprint density at radius 3 is 1.44 bits per heavy atom. The maximum atomic E-state index is 9.54. The largest absolute Gasteiger partial charge is 0.390 e. The quantitative estimate of drug-likeness (QED) is 0.490. The lowest BCUT2D eigenvalue weighted by molar-refractivity contribution is 0.0680. The summed E-state index contributed by atoms with van der Waals surface area (Å²) in [5.74, 6) is 0. The number of hydrogen-bond donors (Lipinski definition) is 1. The first-order valence-corrected chi connectivity index (χ1v) is 7.28. The highest BCUT2D eigenvalue weighted by Crippen LogP contribution is 2.15. The van der Waals surface area contributed by atoms with Crippen molar-refractivity contribution in [2.24, 2.45) is 0 Å². The molecule has 0 spiro atoms. The van der Waals surface area contributed by atoms with Gasteiger partial charge in [0.1, 0.15) is 0 Å². The van der Waals surface area contributed by atoms with Crippen molar-refractivity contribution in [2.75, 3.05) is 0 Å². The predicted octanol–water partition coefficient (Wildman–Crippen LogP) is 5.07. The van der Waals surface area contributed by atoms with Gasteiger partial charge in [0.2, 0.25) is 0 Å². The summed E-state index contributed by atoms with van der Waals surface area (Å²) in [7, 11) is 0. The minimum atomic E-state index is -0.458. The van der Waals surface area contributed by atoms with E-state index in [0.717, 1.165) is 6.42 Å². The van der Waals surface area contributed by atoms with Gasteiger partial charge >= 0.3 is 0 Å². The van der Waals surface area contributed by atoms with Gasteiger partial charge in [-0.05, 0) is 20.3 Å². The van der Waals surface area contributed by atoms with Crippen LogP contribution in [0.25, 0.3) is 0 Å². The Hall–Kier alpha value is -0.0400. The molecular weight excluding hydrogens is 196 g/mol. The average molecular weight is 228 g/mol. The fraction of sp³-hybridized carbons (Fsp3) is 1.00. The molecule has 0 bridgehead atoms. The fourth-order valence-corrected chi connectivity index (χ4v) is 2.05. The van der Waals surface area contributed by atoms with Crippen molar-refractivity contribution in [1.82, 2.24) is 0 Å². The molecular formula is C15H32O. The smallest absolute Gasteiger partial charge is 0.0591 e. The van der Waals surface area contributed by atoms with E-state index >= 15 is 0 Å². The molecule has 0 aliphatic carbocycles. The van der Waals surface area contributed by atoms with Crippen LogP contribution in [0.3, 0.4) is 0 Å². The van der Waals surface area contributed by atoms with Crippen LogP contribution in [-0.4, -0.2) is 10.7 Å². The van der Waals surface area contributed by atoms with Crippen LogP contribution in [0, 0.1) is 0 Å². The Labute approximate surface area is 103 Å². The molecule has 0 aromatic carbocycles. The lowest BCUT2D eigenvalue weighted by Gasteiger charge is -2.16. The molecule has 0 heterocycles. The molecule has 1 N–H and O–H groups in total. The molecule has 0 aliphatic rings. The number of aliphatic hydroxyl groups is 1. The zero-order chi connectivity index (χ0) is 12.3. The zero-order valence-corrected chi connectivity index (χ0v) is 11.7. The van der Waals surface area contributed by atoms with Crippen molar-refractivity contribution in [1.29, 1.82) is 0 Å². The van der Waals surface area contributed by atoms with Crippen LogP contribution in [0.2, 0.25) is 0 Å². The van der Waals surface area contributed by atoms with Gasteiger partial charge in [-0.3, -0.25) is 0 Å². The molecule has 0 unspecified atom stereocenters. The normalized spacial score (nSPS) is 12.0. The van der Waals surface area contributed by atoms with Gasteiger partial charge in [-0.2, -0.15) is 0 Å². The minimum absolute atomic E-state index is 0.458. The highest BCUT2D eigenvalue weighted by Gasteiger charge is 2.10. The van der Waals surface area contributed by atoms with Gasteiger partial charge in [0.25, 0.3) is 0 Å². The molecule has 0 aliphatic heterocycles. The summed E-state index contributed by atoms with van der Waals surface area (Å²) < 4.78 is 0. The van der Waals surface area contributed by atoms with Crippen LogP contribution in [-0.2, 0) is 0 Å². The summed E-state index contributed by atoms with van der Waals surface area (Å²) >= 11 is 0. The van der Waals surface area contributed by atoms with E-state index in [0.29, 0.717) is 0 Å². The molecule has 0 aromatic rings. The second-order valence-corrected chi connectivity index (χ2v) is 5.74. The predicted molar refractivity (Wildman–Crippen MR) is 72.8 cm³/mol. The van der Waals surface area contributed by atoms with E-state index in [9.17, 15) is 5.11 Å². The molecule has 0 amide bonds. The van der Waals surface area contributed by atoms with Gasteiger partial charge in [-0.15, -0.1) is 0 Å². The number of hydrogen-bond acceptors (Lipinski definition) is 1. The minimum Gasteiger partial charge on any atom is -0.390 e. The molecule has 1 nitrogen and oxygen atoms in total. The fourth-order valence-electron chi connectivity index (χ4n) is 2.05. The zero-order valence-electron chi connectivity index (χ0n) is 11.7. The highest BCUT2D eigenvalue weighted by molar-refractivity contribution is 4.64. The van der Waals surface area contributed by atoms with Crippen molar-refractivity contribution < 1.29 is 5.11 Å². The topological polar surface area (TPSA) is 20.2 Å². The summed E-state index contributed by atoms with van der Waals surface area (Å²) in [4.78, 5) is 0. The van der Waals surface area contributed by atoms with Gasteiger partial charge in [0, 0.05) is 0 Å². The molecule has 0 aromatic heterocycles. The van der Waals surface area contributed by atoms with Crippen LogP contribution < -0.4 is 0 Å². The second-order valence-electron chi connectivity index (χ2n) is 5.74. The van der Waals surface area contributed by atoms with Gasteiger partial charge in [-0.25, -0.2) is 0 Å². The lowest BCUT2D eigenvalue weighted by atomic mass is 9.99. The molecule has 0 fully saturated rings. The first kappa shape index (κ1) is 16.0. The SMILES string of the molecule is CCCCCCCCCCCCC(C)(C)O. The van der Waals surface area contributed by atoms with E-state index in [4.69, 9.17) is 0 Å². The van der Waals surface area contributed by atoms with Gasteiger partial charge in [-0.1, -0.05) is 71.1 Å². The lowest BCUT2D eigenvalue weighted by Crippen LogP contribution is -2.17. The standard InChI is InChI=1S/C15H32O/c1-4-5-6-7-8-9-10-11-12-13-14-15(2,3)16/h16H,4-14H2,1-3H3. The van der Waals surface area contributed by atoms with E-state index in [2.05, 4.69) is 6.92 Å². The van der Waals surface area contributed by atoms with Crippen LogP contribution in [0.15, 0.2) is 0 Å². The van der Waals surface area contributed by atoms with Crippen LogP contribution in [0.4, 0.5) is 0 Å². The molecule has 16 heavy (non-hydrogen) atoms. The Kier molecular flexibility index (Phi) is 10.1. The summed E-state index contributed by atoms with van der Waals surface area (Å²) in [5, 5.41) is 9.54. The van der Waals surface area contributed by atoms with Crippen molar-refractivity contribution in [3.8, 4) is 0 Å². The molecule has 0 atom stereocenters. The van der Waals surface area contributed by atoms with Crippen LogP contribution >= 0.6 is 0 Å². The maximum absolute atomic E-state index is 9.54. The van der Waals surface area contributed by atoms with E-state index in [1.54, 1.807) is 0 Å². The van der Waals surface area contributed by atoms with Crippen molar-refractivity contribution >= 4 is 0 Å².